The number of nitrogens with zero attached hydrogens (tertiary/aromatic N) is 3. The average molecular weight is 333 g/mol. The molecule has 0 heterocycles. The smallest absolute Gasteiger partial charge is 0.171 e. The molecular weight excluding hydrogens is 315 g/mol. The molecule has 1 aromatic rings. The first-order valence-corrected chi connectivity index (χ1v) is 6.49. The molecule has 1 rings (SSSR count). The van der Waals surface area contributed by atoms with Crippen molar-refractivity contribution in [3.05, 3.63) is 28.0 Å². The normalized spacial score (nSPS) is 12.0. The zero-order chi connectivity index (χ0) is 14.6. The van der Waals surface area contributed by atoms with Gasteiger partial charge in [0.05, 0.1) is 10.2 Å². The maximum Gasteiger partial charge on any atom is 0.171 e. The Bertz CT molecular complexity index is 479. The summed E-state index contributed by atoms with van der Waals surface area (Å²) in [6, 6.07) is 3.23. The minimum absolute atomic E-state index is 0.131. The fraction of sp³-hybridized carbons (Fsp3) is 0.417. The molecule has 0 radical (unpaired) electrons. The van der Waals surface area contributed by atoms with E-state index in [1.165, 1.54) is 0 Å². The molecule has 0 spiro atoms. The Morgan fingerprint density at radius 2 is 2.00 bits per heavy atom. The lowest BCUT2D eigenvalue weighted by Crippen LogP contribution is -2.29. The molecular formula is C12H18BrFN4O. The number of amidine groups is 1. The third-order valence-corrected chi connectivity index (χ3v) is 3.51. The molecule has 5 nitrogen and oxygen atoms in total. The van der Waals surface area contributed by atoms with Crippen LogP contribution >= 0.6 is 15.9 Å². The third-order valence-electron chi connectivity index (χ3n) is 2.74. The van der Waals surface area contributed by atoms with Crippen LogP contribution in [-0.4, -0.2) is 50.2 Å². The fourth-order valence-electron chi connectivity index (χ4n) is 1.56. The zero-order valence-corrected chi connectivity index (χ0v) is 12.8. The first kappa shape index (κ1) is 15.7. The van der Waals surface area contributed by atoms with Crippen LogP contribution in [0.4, 0.5) is 10.1 Å². The molecule has 0 bridgehead atoms. The highest BCUT2D eigenvalue weighted by atomic mass is 79.9. The van der Waals surface area contributed by atoms with Gasteiger partial charge in [-0.3, -0.25) is 0 Å². The van der Waals surface area contributed by atoms with Gasteiger partial charge in [-0.2, -0.15) is 0 Å². The van der Waals surface area contributed by atoms with E-state index < -0.39 is 5.82 Å². The molecule has 0 saturated carbocycles. The predicted octanol–water partition coefficient (Wildman–Crippen LogP) is 1.68. The molecule has 0 aliphatic carbocycles. The van der Waals surface area contributed by atoms with Crippen LogP contribution in [0.5, 0.6) is 0 Å². The van der Waals surface area contributed by atoms with Crippen molar-refractivity contribution < 1.29 is 9.60 Å². The van der Waals surface area contributed by atoms with Crippen LogP contribution in [0.1, 0.15) is 5.56 Å². The average Bonchev–Trinajstić information content (AvgIpc) is 2.38. The first-order chi connectivity index (χ1) is 8.88. The number of anilines is 1. The Kier molecular flexibility index (Phi) is 5.56. The van der Waals surface area contributed by atoms with Crippen molar-refractivity contribution in [1.29, 1.82) is 0 Å². The van der Waals surface area contributed by atoms with Crippen LogP contribution in [-0.2, 0) is 0 Å². The van der Waals surface area contributed by atoms with E-state index in [1.54, 1.807) is 12.1 Å². The molecule has 106 valence electrons. The van der Waals surface area contributed by atoms with E-state index in [2.05, 4.69) is 21.1 Å². The summed E-state index contributed by atoms with van der Waals surface area (Å²) in [5.74, 6) is -0.557. The Balaban J connectivity index is 3.02. The van der Waals surface area contributed by atoms with Gasteiger partial charge in [0, 0.05) is 25.7 Å². The zero-order valence-electron chi connectivity index (χ0n) is 11.2. The van der Waals surface area contributed by atoms with E-state index in [0.29, 0.717) is 17.8 Å². The summed E-state index contributed by atoms with van der Waals surface area (Å²) in [6.45, 7) is 1.51. The highest BCUT2D eigenvalue weighted by Gasteiger charge is 2.16. The number of benzene rings is 1. The summed E-state index contributed by atoms with van der Waals surface area (Å²) < 4.78 is 14.4. The second-order valence-electron chi connectivity index (χ2n) is 4.47. The van der Waals surface area contributed by atoms with Crippen LogP contribution in [0, 0.1) is 5.82 Å². The summed E-state index contributed by atoms with van der Waals surface area (Å²) >= 11 is 3.14. The monoisotopic (exact) mass is 332 g/mol. The van der Waals surface area contributed by atoms with Gasteiger partial charge < -0.3 is 20.7 Å². The Labute approximate surface area is 120 Å². The standard InChI is InChI=1S/C12H18BrFN4O/c1-17(2)6-7-18(3)9-5-4-8(12(15)16-19)10(13)11(9)14/h4-5,19H,6-7H2,1-3H3,(H2,15,16). The number of rotatable bonds is 5. The minimum atomic E-state index is -0.426. The largest absolute Gasteiger partial charge is 0.409 e. The topological polar surface area (TPSA) is 65.1 Å². The van der Waals surface area contributed by atoms with E-state index in [9.17, 15) is 4.39 Å². The molecule has 19 heavy (non-hydrogen) atoms. The van der Waals surface area contributed by atoms with Crippen molar-refractivity contribution in [3.8, 4) is 0 Å². The summed E-state index contributed by atoms with van der Waals surface area (Å²) in [4.78, 5) is 3.84. The highest BCUT2D eigenvalue weighted by Crippen LogP contribution is 2.28. The summed E-state index contributed by atoms with van der Waals surface area (Å²) in [5.41, 5.74) is 6.26. The Morgan fingerprint density at radius 3 is 2.53 bits per heavy atom. The molecule has 0 unspecified atom stereocenters. The lowest BCUT2D eigenvalue weighted by Gasteiger charge is -2.23. The Morgan fingerprint density at radius 1 is 1.37 bits per heavy atom. The Hall–Kier alpha value is -1.34. The number of halogens is 2. The van der Waals surface area contributed by atoms with Crippen molar-refractivity contribution in [2.75, 3.05) is 39.1 Å². The van der Waals surface area contributed by atoms with Crippen molar-refractivity contribution in [3.63, 3.8) is 0 Å². The number of oxime groups is 1. The number of hydrogen-bond donors (Lipinski definition) is 2. The maximum absolute atomic E-state index is 14.2. The predicted molar refractivity (Wildman–Crippen MR) is 78.4 cm³/mol. The lowest BCUT2D eigenvalue weighted by atomic mass is 10.1. The van der Waals surface area contributed by atoms with Gasteiger partial charge in [0.25, 0.3) is 0 Å². The summed E-state index contributed by atoms with van der Waals surface area (Å²) in [6.07, 6.45) is 0. The SMILES string of the molecule is CN(C)CCN(C)c1ccc(/C(N)=N/O)c(Br)c1F. The highest BCUT2D eigenvalue weighted by molar-refractivity contribution is 9.10. The van der Waals surface area contributed by atoms with E-state index in [-0.39, 0.29) is 10.3 Å². The molecule has 7 heteroatoms. The van der Waals surface area contributed by atoms with Gasteiger partial charge in [-0.1, -0.05) is 5.16 Å². The molecule has 0 amide bonds. The number of nitrogens with two attached hydrogens (primary N) is 1. The number of hydrogen-bond acceptors (Lipinski definition) is 4. The second-order valence-corrected chi connectivity index (χ2v) is 5.26. The van der Waals surface area contributed by atoms with E-state index in [1.807, 2.05) is 30.9 Å². The van der Waals surface area contributed by atoms with E-state index in [4.69, 9.17) is 10.9 Å². The van der Waals surface area contributed by atoms with Crippen molar-refractivity contribution in [1.82, 2.24) is 4.90 Å². The van der Waals surface area contributed by atoms with Gasteiger partial charge in [-0.15, -0.1) is 0 Å². The molecule has 0 atom stereocenters. The second kappa shape index (κ2) is 6.72. The van der Waals surface area contributed by atoms with Gasteiger partial charge in [0.2, 0.25) is 0 Å². The van der Waals surface area contributed by atoms with Gasteiger partial charge in [-0.05, 0) is 42.2 Å². The van der Waals surface area contributed by atoms with Crippen LogP contribution in [0.25, 0.3) is 0 Å². The minimum Gasteiger partial charge on any atom is -0.409 e. The fourth-order valence-corrected chi connectivity index (χ4v) is 2.09. The van der Waals surface area contributed by atoms with Gasteiger partial charge in [-0.25, -0.2) is 4.39 Å². The van der Waals surface area contributed by atoms with Gasteiger partial charge in [0.1, 0.15) is 0 Å². The van der Waals surface area contributed by atoms with E-state index in [0.717, 1.165) is 6.54 Å². The molecule has 0 aromatic heterocycles. The van der Waals surface area contributed by atoms with Crippen molar-refractivity contribution in [2.24, 2.45) is 10.9 Å². The maximum atomic E-state index is 14.2. The number of likely N-dealkylation sites (N-methyl/N-ethyl adjacent to an activating group) is 2. The molecule has 1 aromatic carbocycles. The third kappa shape index (κ3) is 3.81. The summed E-state index contributed by atoms with van der Waals surface area (Å²) in [5, 5.41) is 11.5. The molecule has 0 fully saturated rings. The van der Waals surface area contributed by atoms with E-state index >= 15 is 0 Å². The molecule has 0 aliphatic rings. The molecule has 0 saturated heterocycles. The van der Waals surface area contributed by atoms with Crippen molar-refractivity contribution >= 4 is 27.5 Å². The quantitative estimate of drug-likeness (QED) is 0.372. The van der Waals surface area contributed by atoms with Crippen LogP contribution < -0.4 is 10.6 Å². The van der Waals surface area contributed by atoms with Gasteiger partial charge in [0.15, 0.2) is 11.7 Å². The van der Waals surface area contributed by atoms with Gasteiger partial charge >= 0.3 is 0 Å². The lowest BCUT2D eigenvalue weighted by molar-refractivity contribution is 0.318. The molecule has 3 N–H and O–H groups in total. The van der Waals surface area contributed by atoms with Crippen LogP contribution in [0.2, 0.25) is 0 Å². The van der Waals surface area contributed by atoms with Crippen LogP contribution in [0.3, 0.4) is 0 Å². The summed E-state index contributed by atoms with van der Waals surface area (Å²) in [7, 11) is 5.74. The van der Waals surface area contributed by atoms with Crippen molar-refractivity contribution in [2.45, 2.75) is 0 Å². The first-order valence-electron chi connectivity index (χ1n) is 5.70. The van der Waals surface area contributed by atoms with Crippen LogP contribution in [0.15, 0.2) is 21.8 Å². The molecule has 0 aliphatic heterocycles.